The lowest BCUT2D eigenvalue weighted by atomic mass is 9.63. The van der Waals surface area contributed by atoms with Crippen molar-refractivity contribution >= 4 is 27.5 Å². The molecule has 32 heavy (non-hydrogen) atoms. The van der Waals surface area contributed by atoms with Crippen molar-refractivity contribution in [2.24, 2.45) is 11.8 Å². The Hall–Kier alpha value is -3.17. The zero-order valence-electron chi connectivity index (χ0n) is 18.2. The Kier molecular flexibility index (Phi) is 4.92. The molecule has 1 N–H and O–H groups in total. The molecular weight excluding hydrogens is 392 g/mol. The fraction of sp³-hybridized carbons (Fsp3) is 0.276. The average molecular weight is 421 g/mol. The quantitative estimate of drug-likeness (QED) is 0.465. The first kappa shape index (κ1) is 19.5. The van der Waals surface area contributed by atoms with Crippen molar-refractivity contribution in [1.29, 1.82) is 0 Å². The van der Waals surface area contributed by atoms with Gasteiger partial charge >= 0.3 is 0 Å². The molecule has 1 heterocycles. The predicted molar refractivity (Wildman–Crippen MR) is 131 cm³/mol. The van der Waals surface area contributed by atoms with Crippen LogP contribution in [0.3, 0.4) is 0 Å². The van der Waals surface area contributed by atoms with Gasteiger partial charge in [0.2, 0.25) is 0 Å². The largest absolute Gasteiger partial charge is 0.351 e. The highest BCUT2D eigenvalue weighted by Crippen LogP contribution is 2.52. The second kappa shape index (κ2) is 8.07. The molecule has 3 nitrogen and oxygen atoms in total. The zero-order valence-corrected chi connectivity index (χ0v) is 18.2. The Morgan fingerprint density at radius 3 is 2.34 bits per heavy atom. The number of hydrogen-bond donors (Lipinski definition) is 1. The van der Waals surface area contributed by atoms with Crippen LogP contribution in [0.5, 0.6) is 0 Å². The summed E-state index contributed by atoms with van der Waals surface area (Å²) in [5.41, 5.74) is 2.29. The molecule has 6 rings (SSSR count). The summed E-state index contributed by atoms with van der Waals surface area (Å²) in [7, 11) is 0. The number of carbonyl (C=O) groups is 1. The van der Waals surface area contributed by atoms with Crippen LogP contribution < -0.4 is 5.32 Å². The van der Waals surface area contributed by atoms with E-state index in [2.05, 4.69) is 64.8 Å². The summed E-state index contributed by atoms with van der Waals surface area (Å²) in [5.74, 6) is 2.24. The Bertz CT molecular complexity index is 1290. The molecule has 0 spiro atoms. The molecule has 0 aromatic heterocycles. The van der Waals surface area contributed by atoms with Gasteiger partial charge < -0.3 is 10.2 Å². The van der Waals surface area contributed by atoms with Crippen molar-refractivity contribution < 1.29 is 4.79 Å². The summed E-state index contributed by atoms with van der Waals surface area (Å²) in [4.78, 5) is 15.4. The van der Waals surface area contributed by atoms with Crippen LogP contribution in [-0.4, -0.2) is 37.0 Å². The monoisotopic (exact) mass is 420 g/mol. The molecule has 1 aliphatic carbocycles. The van der Waals surface area contributed by atoms with E-state index in [0.717, 1.165) is 47.8 Å². The van der Waals surface area contributed by atoms with Gasteiger partial charge in [0, 0.05) is 31.7 Å². The maximum Gasteiger partial charge on any atom is 0.251 e. The SMILES string of the molecule is O=C(NCCN1CC2CC(c3cccc4ccccc34)C2C1)c1cccc2ccccc12. The van der Waals surface area contributed by atoms with Crippen LogP contribution in [0.4, 0.5) is 0 Å². The molecule has 4 aromatic rings. The normalized spacial score (nSPS) is 22.6. The molecule has 0 bridgehead atoms. The van der Waals surface area contributed by atoms with E-state index < -0.39 is 0 Å². The van der Waals surface area contributed by atoms with Crippen LogP contribution in [-0.2, 0) is 0 Å². The molecule has 2 fully saturated rings. The molecule has 0 radical (unpaired) electrons. The van der Waals surface area contributed by atoms with Crippen LogP contribution >= 0.6 is 0 Å². The van der Waals surface area contributed by atoms with Crippen molar-refractivity contribution in [1.82, 2.24) is 10.2 Å². The number of nitrogens with zero attached hydrogens (tertiary/aromatic N) is 1. The second-order valence-corrected chi connectivity index (χ2v) is 9.38. The Morgan fingerprint density at radius 2 is 1.50 bits per heavy atom. The Balaban J connectivity index is 1.08. The smallest absolute Gasteiger partial charge is 0.251 e. The number of hydrogen-bond acceptors (Lipinski definition) is 2. The fourth-order valence-corrected chi connectivity index (χ4v) is 5.96. The summed E-state index contributed by atoms with van der Waals surface area (Å²) in [6.07, 6.45) is 1.29. The van der Waals surface area contributed by atoms with Crippen molar-refractivity contribution in [3.05, 3.63) is 96.1 Å². The molecule has 160 valence electrons. The van der Waals surface area contributed by atoms with Gasteiger partial charge in [-0.3, -0.25) is 4.79 Å². The molecule has 3 atom stereocenters. The first-order valence-electron chi connectivity index (χ1n) is 11.7. The van der Waals surface area contributed by atoms with E-state index in [1.807, 2.05) is 30.3 Å². The Morgan fingerprint density at radius 1 is 0.812 bits per heavy atom. The second-order valence-electron chi connectivity index (χ2n) is 9.38. The van der Waals surface area contributed by atoms with Crippen LogP contribution in [0.2, 0.25) is 0 Å². The summed E-state index contributed by atoms with van der Waals surface area (Å²) >= 11 is 0. The highest BCUT2D eigenvalue weighted by atomic mass is 16.1. The van der Waals surface area contributed by atoms with E-state index in [9.17, 15) is 4.79 Å². The van der Waals surface area contributed by atoms with E-state index in [-0.39, 0.29) is 5.91 Å². The average Bonchev–Trinajstić information content (AvgIpc) is 3.14. The molecule has 1 amide bonds. The lowest BCUT2D eigenvalue weighted by Gasteiger charge is -2.40. The van der Waals surface area contributed by atoms with Gasteiger partial charge in [-0.05, 0) is 57.3 Å². The summed E-state index contributed by atoms with van der Waals surface area (Å²) in [6.45, 7) is 3.92. The fourth-order valence-electron chi connectivity index (χ4n) is 5.96. The molecule has 3 unspecified atom stereocenters. The van der Waals surface area contributed by atoms with Crippen LogP contribution in [0, 0.1) is 11.8 Å². The lowest BCUT2D eigenvalue weighted by molar-refractivity contribution is 0.0951. The predicted octanol–water partition coefficient (Wildman–Crippen LogP) is 5.46. The standard InChI is InChI=1S/C29H28N2O/c32-29(26-14-6-10-21-8-2-4-12-24(21)26)30-15-16-31-18-22-17-27(28(22)19-31)25-13-5-9-20-7-1-3-11-23(20)25/h1-14,22,27-28H,15-19H2,(H,30,32). The van der Waals surface area contributed by atoms with Gasteiger partial charge in [-0.1, -0.05) is 78.9 Å². The highest BCUT2D eigenvalue weighted by Gasteiger charge is 2.47. The molecule has 2 aliphatic rings. The number of likely N-dealkylation sites (tertiary alicyclic amines) is 1. The van der Waals surface area contributed by atoms with Gasteiger partial charge in [0.15, 0.2) is 0 Å². The van der Waals surface area contributed by atoms with Gasteiger partial charge in [0.25, 0.3) is 5.91 Å². The Labute approximate surface area is 189 Å². The molecular formula is C29H28N2O. The number of carbonyl (C=O) groups excluding carboxylic acids is 1. The maximum atomic E-state index is 12.8. The van der Waals surface area contributed by atoms with E-state index in [1.54, 1.807) is 0 Å². The van der Waals surface area contributed by atoms with Crippen molar-refractivity contribution in [3.63, 3.8) is 0 Å². The number of amides is 1. The summed E-state index contributed by atoms with van der Waals surface area (Å²) < 4.78 is 0. The number of benzene rings is 4. The highest BCUT2D eigenvalue weighted by molar-refractivity contribution is 6.07. The first-order chi connectivity index (χ1) is 15.8. The van der Waals surface area contributed by atoms with Crippen LogP contribution in [0.1, 0.15) is 28.3 Å². The molecule has 4 aromatic carbocycles. The zero-order chi connectivity index (χ0) is 21.5. The third-order valence-electron chi connectivity index (χ3n) is 7.61. The molecule has 1 aliphatic heterocycles. The van der Waals surface area contributed by atoms with Crippen LogP contribution in [0.15, 0.2) is 84.9 Å². The van der Waals surface area contributed by atoms with E-state index in [4.69, 9.17) is 0 Å². The van der Waals surface area contributed by atoms with E-state index >= 15 is 0 Å². The van der Waals surface area contributed by atoms with Gasteiger partial charge in [-0.15, -0.1) is 0 Å². The topological polar surface area (TPSA) is 32.3 Å². The van der Waals surface area contributed by atoms with Crippen molar-refractivity contribution in [2.75, 3.05) is 26.2 Å². The molecule has 3 heteroatoms. The minimum absolute atomic E-state index is 0.0256. The van der Waals surface area contributed by atoms with Gasteiger partial charge in [0.05, 0.1) is 0 Å². The van der Waals surface area contributed by atoms with Gasteiger partial charge in [0.1, 0.15) is 0 Å². The maximum absolute atomic E-state index is 12.8. The van der Waals surface area contributed by atoms with Crippen molar-refractivity contribution in [2.45, 2.75) is 12.3 Å². The first-order valence-corrected chi connectivity index (χ1v) is 11.7. The van der Waals surface area contributed by atoms with E-state index in [0.29, 0.717) is 12.5 Å². The van der Waals surface area contributed by atoms with Crippen LogP contribution in [0.25, 0.3) is 21.5 Å². The number of rotatable bonds is 5. The van der Waals surface area contributed by atoms with E-state index in [1.165, 1.54) is 22.8 Å². The summed E-state index contributed by atoms with van der Waals surface area (Å²) in [5, 5.41) is 8.04. The summed E-state index contributed by atoms with van der Waals surface area (Å²) in [6, 6.07) is 29.5. The third-order valence-corrected chi connectivity index (χ3v) is 7.61. The molecule has 1 saturated carbocycles. The van der Waals surface area contributed by atoms with Gasteiger partial charge in [-0.2, -0.15) is 0 Å². The van der Waals surface area contributed by atoms with Crippen molar-refractivity contribution in [3.8, 4) is 0 Å². The lowest BCUT2D eigenvalue weighted by Crippen LogP contribution is -2.34. The van der Waals surface area contributed by atoms with Gasteiger partial charge in [-0.25, -0.2) is 0 Å². The number of nitrogens with one attached hydrogen (secondary N) is 1. The number of fused-ring (bicyclic) bond motifs is 3. The third kappa shape index (κ3) is 3.37. The molecule has 1 saturated heterocycles. The minimum atomic E-state index is 0.0256. The minimum Gasteiger partial charge on any atom is -0.351 e.